The summed E-state index contributed by atoms with van der Waals surface area (Å²) in [7, 11) is 0. The SMILES string of the molecule is NCCN1CN(c2ccc(-c3ccc4occc4c3)cc2)C(C[C@@H]2CCN(C(=O)C3CC3)C2)=N1. The molecule has 0 bridgehead atoms. The predicted molar refractivity (Wildman–Crippen MR) is 134 cm³/mol. The van der Waals surface area contributed by atoms with Gasteiger partial charge < -0.3 is 20.0 Å². The number of nitrogens with zero attached hydrogens (tertiary/aromatic N) is 4. The maximum Gasteiger partial charge on any atom is 0.225 e. The highest BCUT2D eigenvalue weighted by molar-refractivity contribution is 5.99. The molecule has 176 valence electrons. The Labute approximate surface area is 199 Å². The number of amides is 1. The van der Waals surface area contributed by atoms with E-state index in [0.29, 0.717) is 31.0 Å². The van der Waals surface area contributed by atoms with Crippen LogP contribution in [-0.4, -0.2) is 54.5 Å². The molecule has 1 aliphatic carbocycles. The van der Waals surface area contributed by atoms with Crippen LogP contribution in [-0.2, 0) is 4.79 Å². The molecule has 3 aromatic rings. The number of hydrazone groups is 1. The standard InChI is InChI=1S/C27H31N5O2/c28-11-13-31-18-32(26(29-31)15-19-9-12-30(17-19)27(33)21-1-2-21)24-6-3-20(4-7-24)22-5-8-25-23(16-22)10-14-34-25/h3-8,10,14,16,19,21H,1-2,9,11-13,15,17-18,28H2/t19-/m0/s1. The monoisotopic (exact) mass is 457 g/mol. The van der Waals surface area contributed by atoms with E-state index in [1.165, 1.54) is 11.1 Å². The lowest BCUT2D eigenvalue weighted by Gasteiger charge is -2.23. The number of carbonyl (C=O) groups excluding carboxylic acids is 1. The number of hydrogen-bond donors (Lipinski definition) is 1. The Morgan fingerprint density at radius 1 is 1.06 bits per heavy atom. The summed E-state index contributed by atoms with van der Waals surface area (Å²) in [4.78, 5) is 16.8. The van der Waals surface area contributed by atoms with Gasteiger partial charge in [0.2, 0.25) is 5.91 Å². The second kappa shape index (κ2) is 8.80. The highest BCUT2D eigenvalue weighted by Gasteiger charge is 2.37. The van der Waals surface area contributed by atoms with Crippen LogP contribution in [0, 0.1) is 11.8 Å². The molecule has 2 N–H and O–H groups in total. The molecule has 2 aromatic carbocycles. The van der Waals surface area contributed by atoms with E-state index in [4.69, 9.17) is 15.3 Å². The highest BCUT2D eigenvalue weighted by Crippen LogP contribution is 2.34. The summed E-state index contributed by atoms with van der Waals surface area (Å²) in [6, 6.07) is 17.0. The summed E-state index contributed by atoms with van der Waals surface area (Å²) >= 11 is 0. The topological polar surface area (TPSA) is 78.3 Å². The molecule has 1 saturated carbocycles. The normalized spacial score (nSPS) is 20.4. The van der Waals surface area contributed by atoms with E-state index in [-0.39, 0.29) is 0 Å². The maximum absolute atomic E-state index is 12.5. The number of hydrogen-bond acceptors (Lipinski definition) is 6. The minimum absolute atomic E-state index is 0.298. The fraction of sp³-hybridized carbons (Fsp3) is 0.407. The van der Waals surface area contributed by atoms with Crippen molar-refractivity contribution in [1.82, 2.24) is 9.91 Å². The Hall–Kier alpha value is -3.32. The molecule has 0 radical (unpaired) electrons. The summed E-state index contributed by atoms with van der Waals surface area (Å²) < 4.78 is 5.47. The number of likely N-dealkylation sites (tertiary alicyclic amines) is 1. The number of anilines is 1. The van der Waals surface area contributed by atoms with Crippen LogP contribution in [0.5, 0.6) is 0 Å². The smallest absolute Gasteiger partial charge is 0.225 e. The van der Waals surface area contributed by atoms with Gasteiger partial charge in [0.25, 0.3) is 0 Å². The van der Waals surface area contributed by atoms with Gasteiger partial charge in [0, 0.05) is 43.0 Å². The Morgan fingerprint density at radius 2 is 1.88 bits per heavy atom. The molecule has 1 aromatic heterocycles. The van der Waals surface area contributed by atoms with Crippen molar-refractivity contribution in [3.8, 4) is 11.1 Å². The maximum atomic E-state index is 12.5. The summed E-state index contributed by atoms with van der Waals surface area (Å²) in [6.45, 7) is 3.77. The second-order valence-electron chi connectivity index (χ2n) is 9.74. The molecule has 6 rings (SSSR count). The van der Waals surface area contributed by atoms with E-state index >= 15 is 0 Å². The zero-order chi connectivity index (χ0) is 23.1. The predicted octanol–water partition coefficient (Wildman–Crippen LogP) is 4.10. The van der Waals surface area contributed by atoms with Crippen LogP contribution in [0.2, 0.25) is 0 Å². The first-order valence-corrected chi connectivity index (χ1v) is 12.3. The van der Waals surface area contributed by atoms with Gasteiger partial charge in [-0.15, -0.1) is 0 Å². The molecule has 7 nitrogen and oxygen atoms in total. The summed E-state index contributed by atoms with van der Waals surface area (Å²) in [5.74, 6) is 2.20. The van der Waals surface area contributed by atoms with Gasteiger partial charge in [-0.2, -0.15) is 5.10 Å². The molecular weight excluding hydrogens is 426 g/mol. The van der Waals surface area contributed by atoms with Crippen LogP contribution < -0.4 is 10.6 Å². The molecule has 1 saturated heterocycles. The van der Waals surface area contributed by atoms with Gasteiger partial charge in [0.05, 0.1) is 12.8 Å². The van der Waals surface area contributed by atoms with Crippen molar-refractivity contribution in [1.29, 1.82) is 0 Å². The van der Waals surface area contributed by atoms with E-state index in [1.807, 2.05) is 12.1 Å². The lowest BCUT2D eigenvalue weighted by molar-refractivity contribution is -0.131. The van der Waals surface area contributed by atoms with Gasteiger partial charge in [-0.1, -0.05) is 18.2 Å². The van der Waals surface area contributed by atoms with E-state index < -0.39 is 0 Å². The Balaban J connectivity index is 1.18. The van der Waals surface area contributed by atoms with Crippen LogP contribution in [0.1, 0.15) is 25.7 Å². The van der Waals surface area contributed by atoms with Crippen molar-refractivity contribution in [2.75, 3.05) is 37.7 Å². The zero-order valence-electron chi connectivity index (χ0n) is 19.4. The van der Waals surface area contributed by atoms with Crippen LogP contribution in [0.15, 0.2) is 64.3 Å². The van der Waals surface area contributed by atoms with E-state index in [1.54, 1.807) is 6.26 Å². The number of amidine groups is 1. The molecular formula is C27H31N5O2. The van der Waals surface area contributed by atoms with E-state index in [0.717, 1.165) is 67.8 Å². The third kappa shape index (κ3) is 4.16. The summed E-state index contributed by atoms with van der Waals surface area (Å²) in [5.41, 5.74) is 10.2. The van der Waals surface area contributed by atoms with Gasteiger partial charge >= 0.3 is 0 Å². The zero-order valence-corrected chi connectivity index (χ0v) is 19.4. The van der Waals surface area contributed by atoms with E-state index in [9.17, 15) is 4.79 Å². The molecule has 34 heavy (non-hydrogen) atoms. The van der Waals surface area contributed by atoms with Crippen molar-refractivity contribution < 1.29 is 9.21 Å². The Bertz CT molecular complexity index is 1210. The third-order valence-corrected chi connectivity index (χ3v) is 7.22. The minimum Gasteiger partial charge on any atom is -0.464 e. The number of carbonyl (C=O) groups is 1. The van der Waals surface area contributed by atoms with Crippen LogP contribution in [0.3, 0.4) is 0 Å². The number of fused-ring (bicyclic) bond motifs is 1. The highest BCUT2D eigenvalue weighted by atomic mass is 16.3. The molecule has 0 unspecified atom stereocenters. The first-order valence-electron chi connectivity index (χ1n) is 12.3. The van der Waals surface area contributed by atoms with Crippen molar-refractivity contribution >= 4 is 28.4 Å². The number of rotatable bonds is 7. The molecule has 2 fully saturated rings. The average molecular weight is 458 g/mol. The van der Waals surface area contributed by atoms with Crippen molar-refractivity contribution in [3.05, 3.63) is 54.8 Å². The molecule has 2 aliphatic heterocycles. The first kappa shape index (κ1) is 21.2. The Kier molecular flexibility index (Phi) is 5.49. The molecule has 3 aliphatic rings. The fourth-order valence-corrected chi connectivity index (χ4v) is 5.17. The molecule has 7 heteroatoms. The van der Waals surface area contributed by atoms with Crippen molar-refractivity contribution in [2.24, 2.45) is 22.7 Å². The van der Waals surface area contributed by atoms with Gasteiger partial charge in [0.1, 0.15) is 18.1 Å². The second-order valence-corrected chi connectivity index (χ2v) is 9.74. The van der Waals surface area contributed by atoms with Gasteiger partial charge in [-0.25, -0.2) is 0 Å². The number of benzene rings is 2. The van der Waals surface area contributed by atoms with Gasteiger partial charge in [-0.3, -0.25) is 9.80 Å². The van der Waals surface area contributed by atoms with Gasteiger partial charge in [0.15, 0.2) is 0 Å². The first-order chi connectivity index (χ1) is 16.7. The molecule has 0 spiro atoms. The lowest BCUT2D eigenvalue weighted by atomic mass is 10.0. The van der Waals surface area contributed by atoms with Crippen LogP contribution >= 0.6 is 0 Å². The Morgan fingerprint density at radius 3 is 2.68 bits per heavy atom. The summed E-state index contributed by atoms with van der Waals surface area (Å²) in [5, 5.41) is 8.07. The number of furan rings is 1. The van der Waals surface area contributed by atoms with Crippen LogP contribution in [0.4, 0.5) is 5.69 Å². The molecule has 1 amide bonds. The summed E-state index contributed by atoms with van der Waals surface area (Å²) in [6.07, 6.45) is 5.80. The minimum atomic E-state index is 0.298. The lowest BCUT2D eigenvalue weighted by Crippen LogP contribution is -2.34. The average Bonchev–Trinajstić information content (AvgIpc) is 3.24. The fourth-order valence-electron chi connectivity index (χ4n) is 5.17. The van der Waals surface area contributed by atoms with Crippen LogP contribution in [0.25, 0.3) is 22.1 Å². The quantitative estimate of drug-likeness (QED) is 0.578. The van der Waals surface area contributed by atoms with Crippen molar-refractivity contribution in [2.45, 2.75) is 25.7 Å². The largest absolute Gasteiger partial charge is 0.464 e. The molecule has 3 heterocycles. The van der Waals surface area contributed by atoms with Gasteiger partial charge in [-0.05, 0) is 66.6 Å². The van der Waals surface area contributed by atoms with Crippen molar-refractivity contribution in [3.63, 3.8) is 0 Å². The van der Waals surface area contributed by atoms with E-state index in [2.05, 4.69) is 51.2 Å². The number of nitrogens with two attached hydrogens (primary N) is 1. The third-order valence-electron chi connectivity index (χ3n) is 7.22. The molecule has 1 atom stereocenters.